The summed E-state index contributed by atoms with van der Waals surface area (Å²) in [5.41, 5.74) is 5.02. The molecule has 1 saturated heterocycles. The molecule has 0 radical (unpaired) electrons. The van der Waals surface area contributed by atoms with Gasteiger partial charge in [-0.25, -0.2) is 4.68 Å². The molecule has 0 bridgehead atoms. The number of aryl methyl sites for hydroxylation is 1. The van der Waals surface area contributed by atoms with Gasteiger partial charge in [0.05, 0.1) is 11.4 Å². The van der Waals surface area contributed by atoms with Gasteiger partial charge < -0.3 is 10.1 Å². The first kappa shape index (κ1) is 12.9. The Morgan fingerprint density at radius 1 is 1.38 bits per heavy atom. The van der Waals surface area contributed by atoms with E-state index in [1.165, 1.54) is 22.6 Å². The van der Waals surface area contributed by atoms with Crippen LogP contribution in [0.2, 0.25) is 0 Å². The molecule has 0 aliphatic carbocycles. The van der Waals surface area contributed by atoms with Crippen molar-refractivity contribution in [3.8, 4) is 5.69 Å². The Kier molecular flexibility index (Phi) is 3.19. The molecule has 0 saturated carbocycles. The number of benzene rings is 1. The summed E-state index contributed by atoms with van der Waals surface area (Å²) in [6.07, 6.45) is 4.50. The first-order valence-corrected chi connectivity index (χ1v) is 7.94. The van der Waals surface area contributed by atoms with E-state index in [2.05, 4.69) is 41.2 Å². The topological polar surface area (TPSA) is 39.1 Å². The second-order valence-corrected chi connectivity index (χ2v) is 5.78. The summed E-state index contributed by atoms with van der Waals surface area (Å²) in [7, 11) is 0. The SMILES string of the molecule is CCc1ccccc1-n1nc(C2CCCO2)c2c1NCC2. The van der Waals surface area contributed by atoms with E-state index >= 15 is 0 Å². The molecule has 1 unspecified atom stereocenters. The van der Waals surface area contributed by atoms with Gasteiger partial charge in [0.2, 0.25) is 0 Å². The summed E-state index contributed by atoms with van der Waals surface area (Å²) >= 11 is 0. The summed E-state index contributed by atoms with van der Waals surface area (Å²) in [4.78, 5) is 0. The van der Waals surface area contributed by atoms with Crippen LogP contribution >= 0.6 is 0 Å². The van der Waals surface area contributed by atoms with Crippen LogP contribution in [0, 0.1) is 0 Å². The van der Waals surface area contributed by atoms with Crippen molar-refractivity contribution in [1.82, 2.24) is 9.78 Å². The van der Waals surface area contributed by atoms with Gasteiger partial charge in [0.25, 0.3) is 0 Å². The van der Waals surface area contributed by atoms with E-state index in [0.717, 1.165) is 44.5 Å². The third kappa shape index (κ3) is 2.05. The third-order valence-electron chi connectivity index (χ3n) is 4.52. The molecule has 0 amide bonds. The van der Waals surface area contributed by atoms with Crippen LogP contribution in [-0.4, -0.2) is 22.9 Å². The molecule has 4 rings (SSSR count). The van der Waals surface area contributed by atoms with E-state index in [-0.39, 0.29) is 6.10 Å². The lowest BCUT2D eigenvalue weighted by atomic mass is 10.1. The minimum absolute atomic E-state index is 0.189. The molecule has 4 nitrogen and oxygen atoms in total. The highest BCUT2D eigenvalue weighted by atomic mass is 16.5. The summed E-state index contributed by atoms with van der Waals surface area (Å²) in [6.45, 7) is 4.06. The normalized spacial score (nSPS) is 20.5. The minimum Gasteiger partial charge on any atom is -0.372 e. The molecule has 1 fully saturated rings. The van der Waals surface area contributed by atoms with Crippen molar-refractivity contribution in [1.29, 1.82) is 0 Å². The second-order valence-electron chi connectivity index (χ2n) is 5.78. The van der Waals surface area contributed by atoms with Gasteiger partial charge in [-0.15, -0.1) is 0 Å². The van der Waals surface area contributed by atoms with Gasteiger partial charge in [0, 0.05) is 18.7 Å². The molecule has 21 heavy (non-hydrogen) atoms. The van der Waals surface area contributed by atoms with Crippen LogP contribution in [0.15, 0.2) is 24.3 Å². The molecule has 2 aliphatic rings. The van der Waals surface area contributed by atoms with Gasteiger partial charge in [-0.05, 0) is 37.3 Å². The average molecular weight is 283 g/mol. The first-order chi connectivity index (χ1) is 10.4. The van der Waals surface area contributed by atoms with E-state index in [1.807, 2.05) is 0 Å². The molecular formula is C17H21N3O. The molecule has 2 aromatic rings. The molecule has 2 aliphatic heterocycles. The molecule has 1 aromatic carbocycles. The number of ether oxygens (including phenoxy) is 1. The van der Waals surface area contributed by atoms with Crippen LogP contribution in [0.1, 0.15) is 42.7 Å². The summed E-state index contributed by atoms with van der Waals surface area (Å²) < 4.78 is 7.96. The van der Waals surface area contributed by atoms with Gasteiger partial charge in [0.15, 0.2) is 0 Å². The quantitative estimate of drug-likeness (QED) is 0.939. The van der Waals surface area contributed by atoms with E-state index < -0.39 is 0 Å². The third-order valence-corrected chi connectivity index (χ3v) is 4.52. The number of nitrogens with zero attached hydrogens (tertiary/aromatic N) is 2. The highest BCUT2D eigenvalue weighted by molar-refractivity contribution is 5.59. The number of rotatable bonds is 3. The van der Waals surface area contributed by atoms with E-state index in [0.29, 0.717) is 0 Å². The highest BCUT2D eigenvalue weighted by Crippen LogP contribution is 2.37. The Labute approximate surface area is 125 Å². The lowest BCUT2D eigenvalue weighted by molar-refractivity contribution is 0.107. The fourth-order valence-corrected chi connectivity index (χ4v) is 3.44. The van der Waals surface area contributed by atoms with E-state index in [9.17, 15) is 0 Å². The molecule has 0 spiro atoms. The number of hydrogen-bond acceptors (Lipinski definition) is 3. The van der Waals surface area contributed by atoms with E-state index in [4.69, 9.17) is 9.84 Å². The van der Waals surface area contributed by atoms with Gasteiger partial charge in [-0.1, -0.05) is 25.1 Å². The monoisotopic (exact) mass is 283 g/mol. The van der Waals surface area contributed by atoms with Crippen molar-refractivity contribution < 1.29 is 4.74 Å². The van der Waals surface area contributed by atoms with Crippen LogP contribution in [-0.2, 0) is 17.6 Å². The Morgan fingerprint density at radius 3 is 3.10 bits per heavy atom. The van der Waals surface area contributed by atoms with Crippen molar-refractivity contribution in [2.75, 3.05) is 18.5 Å². The van der Waals surface area contributed by atoms with Crippen LogP contribution in [0.3, 0.4) is 0 Å². The molecule has 110 valence electrons. The van der Waals surface area contributed by atoms with Crippen LogP contribution in [0.25, 0.3) is 5.69 Å². The molecule has 4 heteroatoms. The Bertz CT molecular complexity index is 656. The number of anilines is 1. The van der Waals surface area contributed by atoms with Gasteiger partial charge in [0.1, 0.15) is 11.9 Å². The summed E-state index contributed by atoms with van der Waals surface area (Å²) in [5.74, 6) is 1.17. The van der Waals surface area contributed by atoms with Crippen molar-refractivity contribution in [2.24, 2.45) is 0 Å². The molecule has 1 atom stereocenters. The van der Waals surface area contributed by atoms with Crippen LogP contribution in [0.5, 0.6) is 0 Å². The summed E-state index contributed by atoms with van der Waals surface area (Å²) in [5, 5.41) is 8.43. The van der Waals surface area contributed by atoms with Crippen LogP contribution < -0.4 is 5.32 Å². The lowest BCUT2D eigenvalue weighted by Gasteiger charge is -2.11. The maximum absolute atomic E-state index is 5.87. The fourth-order valence-electron chi connectivity index (χ4n) is 3.44. The van der Waals surface area contributed by atoms with Crippen molar-refractivity contribution in [3.63, 3.8) is 0 Å². The zero-order valence-electron chi connectivity index (χ0n) is 12.4. The smallest absolute Gasteiger partial charge is 0.133 e. The number of para-hydroxylation sites is 1. The zero-order chi connectivity index (χ0) is 14.2. The lowest BCUT2D eigenvalue weighted by Crippen LogP contribution is -2.08. The molecular weight excluding hydrogens is 262 g/mol. The van der Waals surface area contributed by atoms with Gasteiger partial charge >= 0.3 is 0 Å². The van der Waals surface area contributed by atoms with Gasteiger partial charge in [-0.2, -0.15) is 5.10 Å². The Morgan fingerprint density at radius 2 is 2.29 bits per heavy atom. The minimum atomic E-state index is 0.189. The van der Waals surface area contributed by atoms with Gasteiger partial charge in [-0.3, -0.25) is 0 Å². The number of aromatic nitrogens is 2. The maximum atomic E-state index is 5.87. The fraction of sp³-hybridized carbons (Fsp3) is 0.471. The van der Waals surface area contributed by atoms with Crippen LogP contribution in [0.4, 0.5) is 5.82 Å². The standard InChI is InChI=1S/C17H21N3O/c1-2-12-6-3-4-7-14(12)20-17-13(9-10-18-17)16(19-20)15-8-5-11-21-15/h3-4,6-7,15,18H,2,5,8-11H2,1H3. The van der Waals surface area contributed by atoms with Crippen molar-refractivity contribution in [3.05, 3.63) is 41.1 Å². The number of nitrogens with one attached hydrogen (secondary N) is 1. The molecule has 1 aromatic heterocycles. The van der Waals surface area contributed by atoms with Crippen molar-refractivity contribution in [2.45, 2.75) is 38.7 Å². The Balaban J connectivity index is 1.84. The highest BCUT2D eigenvalue weighted by Gasteiger charge is 2.30. The molecule has 3 heterocycles. The Hall–Kier alpha value is -1.81. The second kappa shape index (κ2) is 5.19. The predicted octanol–water partition coefficient (Wildman–Crippen LogP) is 3.25. The number of hydrogen-bond donors (Lipinski definition) is 1. The summed E-state index contributed by atoms with van der Waals surface area (Å²) in [6, 6.07) is 8.53. The predicted molar refractivity (Wildman–Crippen MR) is 83.1 cm³/mol. The van der Waals surface area contributed by atoms with Crippen molar-refractivity contribution >= 4 is 5.82 Å². The molecule has 1 N–H and O–H groups in total. The largest absolute Gasteiger partial charge is 0.372 e. The maximum Gasteiger partial charge on any atom is 0.133 e. The number of fused-ring (bicyclic) bond motifs is 1. The zero-order valence-corrected chi connectivity index (χ0v) is 12.4. The first-order valence-electron chi connectivity index (χ1n) is 7.94. The van der Waals surface area contributed by atoms with E-state index in [1.54, 1.807) is 0 Å². The average Bonchev–Trinajstić information content (AvgIpc) is 3.24.